The summed E-state index contributed by atoms with van der Waals surface area (Å²) in [5.74, 6) is -5.39. The number of rotatable bonds is 3. The summed E-state index contributed by atoms with van der Waals surface area (Å²) in [5, 5.41) is -3.19. The molecule has 2 rings (SSSR count). The van der Waals surface area contributed by atoms with Gasteiger partial charge in [-0.3, -0.25) is 0 Å². The fourth-order valence-corrected chi connectivity index (χ4v) is 3.66. The van der Waals surface area contributed by atoms with Crippen molar-refractivity contribution in [3.05, 3.63) is 22.5 Å². The van der Waals surface area contributed by atoms with Crippen LogP contribution in [-0.2, 0) is 0 Å². The summed E-state index contributed by atoms with van der Waals surface area (Å²) in [4.78, 5) is 1.67. The maximum absolute atomic E-state index is 13.7. The van der Waals surface area contributed by atoms with Crippen LogP contribution in [0, 0.1) is 11.8 Å². The van der Waals surface area contributed by atoms with Crippen molar-refractivity contribution in [3.63, 3.8) is 0 Å². The second kappa shape index (κ2) is 4.82. The predicted molar refractivity (Wildman–Crippen MR) is 68.2 cm³/mol. The van der Waals surface area contributed by atoms with Crippen LogP contribution in [0.15, 0.2) is 22.5 Å². The second-order valence-electron chi connectivity index (χ2n) is 4.02. The molecule has 1 saturated heterocycles. The van der Waals surface area contributed by atoms with Crippen LogP contribution in [0.25, 0.3) is 0 Å². The molecule has 1 heterocycles. The summed E-state index contributed by atoms with van der Waals surface area (Å²) in [6.45, 7) is 0.199. The van der Waals surface area contributed by atoms with E-state index in [1.54, 1.807) is 19.0 Å². The Kier molecular flexibility index (Phi) is 1.62. The predicted octanol–water partition coefficient (Wildman–Crippen LogP) is 1.38. The molecule has 0 saturated carbocycles. The normalized spacial score (nSPS) is 65.9. The maximum atomic E-state index is 13.7. The number of allylic oxidation sites excluding steroid dienone is 4. The molecule has 0 bridgehead atoms. The Bertz CT molecular complexity index is 623. The van der Waals surface area contributed by atoms with Gasteiger partial charge in [-0.25, -0.2) is 0 Å². The van der Waals surface area contributed by atoms with Crippen LogP contribution in [0.4, 0.5) is 4.39 Å². The SMILES string of the molecule is [2H]C12CC=C(F)C=C1[Se]([2H])([2H])([2H])([2H])C([2H])([2H])C2([2H])CCN(C)C. The van der Waals surface area contributed by atoms with E-state index < -0.39 is 48.2 Å². The molecule has 88 valence electrons. The molecule has 0 spiro atoms. The third-order valence-electron chi connectivity index (χ3n) is 2.53. The third-order valence-corrected chi connectivity index (χ3v) is 4.48. The molecule has 15 heavy (non-hydrogen) atoms. The van der Waals surface area contributed by atoms with Gasteiger partial charge in [0.1, 0.15) is 0 Å². The Morgan fingerprint density at radius 2 is 2.60 bits per heavy atom. The molecule has 1 aliphatic carbocycles. The first kappa shape index (κ1) is 5.03. The molecule has 1 aliphatic heterocycles. The Morgan fingerprint density at radius 3 is 3.33 bits per heavy atom. The number of fused-ring (bicyclic) bond motifs is 1. The van der Waals surface area contributed by atoms with E-state index in [1.165, 1.54) is 0 Å². The van der Waals surface area contributed by atoms with Crippen LogP contribution in [0.3, 0.4) is 0 Å². The van der Waals surface area contributed by atoms with Crippen molar-refractivity contribution in [1.82, 2.24) is 4.90 Å². The fraction of sp³-hybridized carbons (Fsp3) is 0.667. The summed E-state index contributed by atoms with van der Waals surface area (Å²) in [5.41, 5.74) is 0. The quantitative estimate of drug-likeness (QED) is 0.709. The molecule has 2 atom stereocenters. The van der Waals surface area contributed by atoms with Crippen molar-refractivity contribution in [1.29, 1.82) is 3.81 Å². The molecule has 1 fully saturated rings. The molecule has 0 aromatic rings. The molecule has 0 amide bonds. The van der Waals surface area contributed by atoms with Crippen molar-refractivity contribution >= 4 is 14.4 Å². The number of nitrogens with zero attached hydrogens (tertiary/aromatic N) is 1. The van der Waals surface area contributed by atoms with Crippen LogP contribution in [-0.4, -0.2) is 43.8 Å². The summed E-state index contributed by atoms with van der Waals surface area (Å²) < 4.78 is 79.7. The van der Waals surface area contributed by atoms with Gasteiger partial charge in [-0.05, 0) is 0 Å². The van der Waals surface area contributed by atoms with Gasteiger partial charge in [-0.2, -0.15) is 0 Å². The van der Waals surface area contributed by atoms with Crippen LogP contribution >= 0.6 is 0 Å². The van der Waals surface area contributed by atoms with Crippen molar-refractivity contribution in [3.8, 4) is 0 Å². The zero-order chi connectivity index (χ0) is 18.2. The first-order valence-corrected chi connectivity index (χ1v) is 6.75. The number of halogens is 1. The fourth-order valence-electron chi connectivity index (χ4n) is 1.65. The number of hydrogen-bond donors (Lipinski definition) is 0. The Balaban J connectivity index is 2.80. The van der Waals surface area contributed by atoms with E-state index >= 15 is 0 Å². The molecule has 2 aliphatic rings. The third kappa shape index (κ3) is 2.72. The summed E-state index contributed by atoms with van der Waals surface area (Å²) in [7, 11) is 3.39. The monoisotopic (exact) mass is 287 g/mol. The van der Waals surface area contributed by atoms with E-state index in [-0.39, 0.29) is 13.0 Å². The van der Waals surface area contributed by atoms with E-state index in [2.05, 4.69) is 0 Å². The van der Waals surface area contributed by atoms with Gasteiger partial charge in [0.05, 0.1) is 0 Å². The van der Waals surface area contributed by atoms with Crippen molar-refractivity contribution in [2.45, 2.75) is 18.1 Å². The molecule has 2 unspecified atom stereocenters. The van der Waals surface area contributed by atoms with Gasteiger partial charge in [-0.1, -0.05) is 0 Å². The van der Waals surface area contributed by atoms with Gasteiger partial charge in [0.25, 0.3) is 0 Å². The van der Waals surface area contributed by atoms with E-state index in [0.29, 0.717) is 6.08 Å². The first-order chi connectivity index (χ1) is 9.93. The Labute approximate surface area is 107 Å². The van der Waals surface area contributed by atoms with Crippen molar-refractivity contribution < 1.29 is 9.87 Å². The van der Waals surface area contributed by atoms with Gasteiger partial charge in [0, 0.05) is 0 Å². The van der Waals surface area contributed by atoms with Gasteiger partial charge in [0.2, 0.25) is 0 Å². The molecule has 0 N–H and O–H groups in total. The van der Waals surface area contributed by atoms with Crippen LogP contribution in [0.2, 0.25) is 5.27 Å². The van der Waals surface area contributed by atoms with Crippen molar-refractivity contribution in [2.75, 3.05) is 20.6 Å². The molecular formula is C12H22FNSe. The first-order valence-electron chi connectivity index (χ1n) is 8.67. The zero-order valence-electron chi connectivity index (χ0n) is 17.0. The number of hydrogen-bond acceptors (Lipinski definition) is 1. The molecule has 0 aromatic heterocycles. The minimum atomic E-state index is -7.37. The van der Waals surface area contributed by atoms with E-state index in [4.69, 9.17) is 9.30 Å². The average Bonchev–Trinajstić information content (AvgIpc) is 2.41. The van der Waals surface area contributed by atoms with Crippen LogP contribution < -0.4 is 0 Å². The topological polar surface area (TPSA) is 3.24 Å². The molecular weight excluding hydrogens is 256 g/mol. The average molecular weight is 286 g/mol. The van der Waals surface area contributed by atoms with Gasteiger partial charge in [0.15, 0.2) is 0 Å². The van der Waals surface area contributed by atoms with Gasteiger partial charge >= 0.3 is 106 Å². The Hall–Kier alpha value is -0.111. The van der Waals surface area contributed by atoms with Gasteiger partial charge < -0.3 is 0 Å². The summed E-state index contributed by atoms with van der Waals surface area (Å²) in [6.07, 6.45) is 1.00. The van der Waals surface area contributed by atoms with E-state index in [0.717, 1.165) is 6.08 Å². The minimum absolute atomic E-state index is 0.199. The van der Waals surface area contributed by atoms with E-state index in [9.17, 15) is 4.39 Å². The van der Waals surface area contributed by atoms with Gasteiger partial charge in [-0.15, -0.1) is 0 Å². The molecule has 0 radical (unpaired) electrons. The van der Waals surface area contributed by atoms with E-state index in [1.807, 2.05) is 0 Å². The molecule has 1 nitrogen and oxygen atoms in total. The molecule has 3 heteroatoms. The standard InChI is InChI=1S/C12H22FNSe/c1-14(2)6-5-9-8-15-12-7-10(13)3-4-11(9)12/h3,7,9,11H,4-6,8H2,1-2H3,15H4/i8D2,9D,11D,15D4. The Morgan fingerprint density at radius 1 is 1.80 bits per heavy atom. The van der Waals surface area contributed by atoms with Crippen LogP contribution in [0.1, 0.15) is 18.3 Å². The molecule has 0 aromatic carbocycles. The summed E-state index contributed by atoms with van der Waals surface area (Å²) in [6, 6.07) is 0. The van der Waals surface area contributed by atoms with Crippen LogP contribution in [0.5, 0.6) is 0 Å². The second-order valence-corrected chi connectivity index (χ2v) is 5.80. The summed E-state index contributed by atoms with van der Waals surface area (Å²) >= 11 is -7.37. The van der Waals surface area contributed by atoms with Crippen molar-refractivity contribution in [2.24, 2.45) is 11.8 Å². The zero-order valence-corrected chi connectivity index (χ0v) is 10.7.